The molecule has 0 spiro atoms. The van der Waals surface area contributed by atoms with Crippen molar-refractivity contribution >= 4 is 16.6 Å². The van der Waals surface area contributed by atoms with Crippen LogP contribution in [0.3, 0.4) is 0 Å². The number of nitrogens with zero attached hydrogens (tertiary/aromatic N) is 5. The van der Waals surface area contributed by atoms with Gasteiger partial charge in [-0.15, -0.1) is 5.10 Å². The first-order valence-electron chi connectivity index (χ1n) is 7.85. The molecule has 4 aromatic rings. The second-order valence-corrected chi connectivity index (χ2v) is 5.83. The fraction of sp³-hybridized carbons (Fsp3) is 0.111. The van der Waals surface area contributed by atoms with Gasteiger partial charge in [-0.3, -0.25) is 10.1 Å². The van der Waals surface area contributed by atoms with Gasteiger partial charge in [0.05, 0.1) is 24.2 Å². The van der Waals surface area contributed by atoms with Crippen molar-refractivity contribution in [2.24, 2.45) is 0 Å². The van der Waals surface area contributed by atoms with Gasteiger partial charge in [0.15, 0.2) is 0 Å². The minimum absolute atomic E-state index is 0.0857. The Morgan fingerprint density at radius 2 is 1.80 bits per heavy atom. The topological polar surface area (TPSA) is 78.8 Å². The quantitative estimate of drug-likeness (QED) is 0.415. The van der Waals surface area contributed by atoms with Crippen molar-refractivity contribution in [1.82, 2.24) is 19.6 Å². The molecule has 2 aromatic heterocycles. The molecule has 0 unspecified atom stereocenters. The van der Waals surface area contributed by atoms with E-state index in [1.165, 1.54) is 17.5 Å². The summed E-state index contributed by atoms with van der Waals surface area (Å²) >= 11 is 0. The van der Waals surface area contributed by atoms with Crippen LogP contribution in [0.1, 0.15) is 11.3 Å². The van der Waals surface area contributed by atoms with E-state index in [0.29, 0.717) is 13.1 Å². The molecule has 4 rings (SSSR count). The predicted molar refractivity (Wildman–Crippen MR) is 93.3 cm³/mol. The van der Waals surface area contributed by atoms with Crippen molar-refractivity contribution in [2.45, 2.75) is 13.1 Å². The smallest absolute Gasteiger partial charge is 0.269 e. The largest absolute Gasteiger partial charge is 0.341 e. The Balaban J connectivity index is 1.49. The molecule has 25 heavy (non-hydrogen) atoms. The zero-order valence-electron chi connectivity index (χ0n) is 13.3. The van der Waals surface area contributed by atoms with Gasteiger partial charge in [-0.2, -0.15) is 0 Å². The van der Waals surface area contributed by atoms with E-state index in [1.54, 1.807) is 16.8 Å². The molecule has 0 radical (unpaired) electrons. The van der Waals surface area contributed by atoms with E-state index >= 15 is 0 Å². The highest BCUT2D eigenvalue weighted by Gasteiger charge is 2.07. The van der Waals surface area contributed by atoms with Gasteiger partial charge < -0.3 is 4.57 Å². The highest BCUT2D eigenvalue weighted by atomic mass is 16.6. The summed E-state index contributed by atoms with van der Waals surface area (Å²) in [5, 5.41) is 20.3. The summed E-state index contributed by atoms with van der Waals surface area (Å²) in [5.41, 5.74) is 3.05. The summed E-state index contributed by atoms with van der Waals surface area (Å²) < 4.78 is 3.87. The lowest BCUT2D eigenvalue weighted by Crippen LogP contribution is -2.00. The number of para-hydroxylation sites is 1. The Morgan fingerprint density at radius 1 is 1.00 bits per heavy atom. The number of fused-ring (bicyclic) bond motifs is 1. The Labute approximate surface area is 143 Å². The molecule has 0 amide bonds. The minimum Gasteiger partial charge on any atom is -0.341 e. The maximum absolute atomic E-state index is 10.7. The standard InChI is InChI=1S/C18H15N5O2/c24-23(25)17-7-5-14(6-8-17)11-22-13-16(19-20-22)12-21-10-9-15-3-1-2-4-18(15)21/h1-10,13H,11-12H2. The van der Waals surface area contributed by atoms with E-state index in [-0.39, 0.29) is 5.69 Å². The Bertz CT molecular complexity index is 1030. The molecule has 124 valence electrons. The lowest BCUT2D eigenvalue weighted by molar-refractivity contribution is -0.384. The SMILES string of the molecule is O=[N+]([O-])c1ccc(Cn2cc(Cn3ccc4ccccc43)nn2)cc1. The molecular formula is C18H15N5O2. The lowest BCUT2D eigenvalue weighted by atomic mass is 10.2. The number of nitro groups is 1. The van der Waals surface area contributed by atoms with Crippen LogP contribution < -0.4 is 0 Å². The van der Waals surface area contributed by atoms with Crippen molar-refractivity contribution in [3.63, 3.8) is 0 Å². The first-order valence-corrected chi connectivity index (χ1v) is 7.85. The maximum Gasteiger partial charge on any atom is 0.269 e. The maximum atomic E-state index is 10.7. The Hall–Kier alpha value is -3.48. The van der Waals surface area contributed by atoms with Crippen molar-refractivity contribution in [1.29, 1.82) is 0 Å². The number of aromatic nitrogens is 4. The van der Waals surface area contributed by atoms with Crippen LogP contribution in [-0.4, -0.2) is 24.5 Å². The zero-order valence-corrected chi connectivity index (χ0v) is 13.3. The van der Waals surface area contributed by atoms with E-state index in [2.05, 4.69) is 33.1 Å². The van der Waals surface area contributed by atoms with Crippen LogP contribution in [0.2, 0.25) is 0 Å². The number of non-ortho nitro benzene ring substituents is 1. The molecule has 0 fully saturated rings. The third-order valence-corrected chi connectivity index (χ3v) is 4.09. The van der Waals surface area contributed by atoms with Gasteiger partial charge in [0, 0.05) is 23.8 Å². The molecule has 2 heterocycles. The molecule has 0 aliphatic carbocycles. The Kier molecular flexibility index (Phi) is 3.74. The van der Waals surface area contributed by atoms with E-state index < -0.39 is 4.92 Å². The van der Waals surface area contributed by atoms with Gasteiger partial charge in [0.1, 0.15) is 5.69 Å². The summed E-state index contributed by atoms with van der Waals surface area (Å²) in [6.45, 7) is 1.17. The summed E-state index contributed by atoms with van der Waals surface area (Å²) in [5.74, 6) is 0. The van der Waals surface area contributed by atoms with Crippen LogP contribution in [-0.2, 0) is 13.1 Å². The fourth-order valence-electron chi connectivity index (χ4n) is 2.85. The molecular weight excluding hydrogens is 318 g/mol. The normalized spacial score (nSPS) is 11.0. The van der Waals surface area contributed by atoms with E-state index in [1.807, 2.05) is 24.5 Å². The van der Waals surface area contributed by atoms with Crippen molar-refractivity contribution in [3.05, 3.63) is 88.4 Å². The molecule has 0 bridgehead atoms. The van der Waals surface area contributed by atoms with Crippen molar-refractivity contribution < 1.29 is 4.92 Å². The molecule has 7 nitrogen and oxygen atoms in total. The van der Waals surface area contributed by atoms with E-state index in [0.717, 1.165) is 16.8 Å². The van der Waals surface area contributed by atoms with Crippen LogP contribution in [0.4, 0.5) is 5.69 Å². The molecule has 2 aromatic carbocycles. The molecule has 0 aliphatic heterocycles. The number of nitro benzene ring substituents is 1. The number of rotatable bonds is 5. The molecule has 0 saturated carbocycles. The third kappa shape index (κ3) is 3.12. The summed E-state index contributed by atoms with van der Waals surface area (Å²) in [6, 6.07) is 16.7. The first kappa shape index (κ1) is 15.1. The number of hydrogen-bond acceptors (Lipinski definition) is 4. The van der Waals surface area contributed by atoms with E-state index in [9.17, 15) is 10.1 Å². The Morgan fingerprint density at radius 3 is 2.60 bits per heavy atom. The molecule has 0 N–H and O–H groups in total. The summed E-state index contributed by atoms with van der Waals surface area (Å²) in [4.78, 5) is 10.3. The van der Waals surface area contributed by atoms with Gasteiger partial charge in [-0.05, 0) is 23.1 Å². The minimum atomic E-state index is -0.404. The lowest BCUT2D eigenvalue weighted by Gasteiger charge is -2.02. The molecule has 0 aliphatic rings. The van der Waals surface area contributed by atoms with Crippen LogP contribution in [0.5, 0.6) is 0 Å². The van der Waals surface area contributed by atoms with Gasteiger partial charge in [0.25, 0.3) is 5.69 Å². The fourth-order valence-corrected chi connectivity index (χ4v) is 2.85. The van der Waals surface area contributed by atoms with Crippen LogP contribution in [0.25, 0.3) is 10.9 Å². The highest BCUT2D eigenvalue weighted by molar-refractivity contribution is 5.79. The summed E-state index contributed by atoms with van der Waals surface area (Å²) in [6.07, 6.45) is 3.94. The third-order valence-electron chi connectivity index (χ3n) is 4.09. The monoisotopic (exact) mass is 333 g/mol. The average molecular weight is 333 g/mol. The molecule has 0 saturated heterocycles. The van der Waals surface area contributed by atoms with E-state index in [4.69, 9.17) is 0 Å². The second-order valence-electron chi connectivity index (χ2n) is 5.83. The summed E-state index contributed by atoms with van der Waals surface area (Å²) in [7, 11) is 0. The van der Waals surface area contributed by atoms with Gasteiger partial charge >= 0.3 is 0 Å². The second kappa shape index (κ2) is 6.20. The van der Waals surface area contributed by atoms with Gasteiger partial charge in [-0.1, -0.05) is 35.5 Å². The number of benzene rings is 2. The number of hydrogen-bond donors (Lipinski definition) is 0. The first-order chi connectivity index (χ1) is 12.2. The van der Waals surface area contributed by atoms with Gasteiger partial charge in [0.2, 0.25) is 0 Å². The predicted octanol–water partition coefficient (Wildman–Crippen LogP) is 3.24. The highest BCUT2D eigenvalue weighted by Crippen LogP contribution is 2.16. The van der Waals surface area contributed by atoms with Crippen molar-refractivity contribution in [3.8, 4) is 0 Å². The average Bonchev–Trinajstić information content (AvgIpc) is 3.23. The van der Waals surface area contributed by atoms with Crippen LogP contribution in [0, 0.1) is 10.1 Å². The van der Waals surface area contributed by atoms with Crippen LogP contribution in [0.15, 0.2) is 67.0 Å². The van der Waals surface area contributed by atoms with Crippen molar-refractivity contribution in [2.75, 3.05) is 0 Å². The molecule has 0 atom stereocenters. The van der Waals surface area contributed by atoms with Crippen LogP contribution >= 0.6 is 0 Å². The van der Waals surface area contributed by atoms with Gasteiger partial charge in [-0.25, -0.2) is 4.68 Å². The zero-order chi connectivity index (χ0) is 17.2. The molecule has 7 heteroatoms.